The van der Waals surface area contributed by atoms with Gasteiger partial charge in [-0.25, -0.2) is 0 Å². The second-order valence-corrected chi connectivity index (χ2v) is 3.92. The fraction of sp³-hybridized carbons (Fsp3) is 0.417. The van der Waals surface area contributed by atoms with Gasteiger partial charge >= 0.3 is 0 Å². The molecule has 0 unspecified atom stereocenters. The molecule has 1 N–H and O–H groups in total. The van der Waals surface area contributed by atoms with E-state index in [9.17, 15) is 9.90 Å². The van der Waals surface area contributed by atoms with Gasteiger partial charge in [-0.05, 0) is 26.8 Å². The van der Waals surface area contributed by atoms with Crippen LogP contribution in [0.5, 0.6) is 11.5 Å². The lowest BCUT2D eigenvalue weighted by Gasteiger charge is -2.20. The molecule has 0 bridgehead atoms. The second-order valence-electron chi connectivity index (χ2n) is 3.92. The van der Waals surface area contributed by atoms with Crippen molar-refractivity contribution < 1.29 is 14.6 Å². The van der Waals surface area contributed by atoms with E-state index in [-0.39, 0.29) is 5.75 Å². The molecule has 3 nitrogen and oxygen atoms in total. The summed E-state index contributed by atoms with van der Waals surface area (Å²) in [6.45, 7) is 5.84. The second kappa shape index (κ2) is 4.34. The van der Waals surface area contributed by atoms with Crippen molar-refractivity contribution in [1.82, 2.24) is 0 Å². The van der Waals surface area contributed by atoms with Gasteiger partial charge in [-0.15, -0.1) is 0 Å². The molecule has 1 rings (SSSR count). The third kappa shape index (κ3) is 2.29. The molecule has 0 amide bonds. The molecule has 0 aliphatic heterocycles. The summed E-state index contributed by atoms with van der Waals surface area (Å²) in [7, 11) is 0. The van der Waals surface area contributed by atoms with Gasteiger partial charge in [-0.3, -0.25) is 0 Å². The maximum absolute atomic E-state index is 10.9. The van der Waals surface area contributed by atoms with Crippen molar-refractivity contribution in [3.05, 3.63) is 23.8 Å². The summed E-state index contributed by atoms with van der Waals surface area (Å²) in [6, 6.07) is 5.18. The highest BCUT2D eigenvalue weighted by Crippen LogP contribution is 2.36. The fourth-order valence-corrected chi connectivity index (χ4v) is 1.38. The molecule has 0 heterocycles. The number of hydrogen-bond acceptors (Lipinski definition) is 3. The van der Waals surface area contributed by atoms with Crippen LogP contribution in [0.3, 0.4) is 0 Å². The van der Waals surface area contributed by atoms with Crippen molar-refractivity contribution in [2.24, 2.45) is 0 Å². The molecule has 1 aromatic rings. The Balaban J connectivity index is 3.20. The third-order valence-electron chi connectivity index (χ3n) is 2.29. The number of aromatic hydroxyl groups is 1. The molecule has 15 heavy (non-hydrogen) atoms. The lowest BCUT2D eigenvalue weighted by molar-refractivity contribution is -0.111. The van der Waals surface area contributed by atoms with Crippen molar-refractivity contribution in [3.63, 3.8) is 0 Å². The van der Waals surface area contributed by atoms with E-state index in [2.05, 4.69) is 0 Å². The van der Waals surface area contributed by atoms with Crippen molar-refractivity contribution in [1.29, 1.82) is 0 Å². The normalized spacial score (nSPS) is 11.1. The van der Waals surface area contributed by atoms with E-state index in [1.807, 2.05) is 6.92 Å². The van der Waals surface area contributed by atoms with Gasteiger partial charge in [0.1, 0.15) is 6.29 Å². The van der Waals surface area contributed by atoms with Gasteiger partial charge in [0.15, 0.2) is 11.5 Å². The van der Waals surface area contributed by atoms with Gasteiger partial charge < -0.3 is 14.6 Å². The summed E-state index contributed by atoms with van der Waals surface area (Å²) in [5.74, 6) is 0.473. The molecule has 3 heteroatoms. The Labute approximate surface area is 89.7 Å². The highest BCUT2D eigenvalue weighted by Gasteiger charge is 2.24. The Kier molecular flexibility index (Phi) is 3.35. The smallest absolute Gasteiger partial charge is 0.161 e. The quantitative estimate of drug-likeness (QED) is 0.772. The van der Waals surface area contributed by atoms with Crippen molar-refractivity contribution in [3.8, 4) is 11.5 Å². The van der Waals surface area contributed by atoms with Crippen molar-refractivity contribution in [2.75, 3.05) is 6.61 Å². The minimum Gasteiger partial charge on any atom is -0.504 e. The zero-order valence-corrected chi connectivity index (χ0v) is 9.28. The number of rotatable bonds is 4. The Bertz CT molecular complexity index is 356. The molecule has 0 aromatic heterocycles. The number of carbonyl (C=O) groups is 1. The molecule has 0 saturated carbocycles. The van der Waals surface area contributed by atoms with Crippen LogP contribution in [0.25, 0.3) is 0 Å². The molecular formula is C12H16O3. The number of benzene rings is 1. The third-order valence-corrected chi connectivity index (χ3v) is 2.29. The zero-order chi connectivity index (χ0) is 11.5. The number of para-hydroxylation sites is 1. The van der Waals surface area contributed by atoms with E-state index in [0.717, 1.165) is 6.29 Å². The molecule has 0 fully saturated rings. The van der Waals surface area contributed by atoms with E-state index in [1.54, 1.807) is 32.0 Å². The Morgan fingerprint density at radius 3 is 2.67 bits per heavy atom. The van der Waals surface area contributed by atoms with Gasteiger partial charge in [0.25, 0.3) is 0 Å². The average Bonchev–Trinajstić information content (AvgIpc) is 2.21. The standard InChI is InChI=1S/C12H16O3/c1-4-15-10-7-5-6-9(11(10)14)12(2,3)8-13/h5-8,14H,4H2,1-3H3. The maximum Gasteiger partial charge on any atom is 0.161 e. The SMILES string of the molecule is CCOc1cccc(C(C)(C)C=O)c1O. The lowest BCUT2D eigenvalue weighted by Crippen LogP contribution is -2.18. The molecular weight excluding hydrogens is 192 g/mol. The summed E-state index contributed by atoms with van der Waals surface area (Å²) < 4.78 is 5.25. The van der Waals surface area contributed by atoms with Crippen LogP contribution in [-0.2, 0) is 10.2 Å². The lowest BCUT2D eigenvalue weighted by atomic mass is 9.85. The van der Waals surface area contributed by atoms with E-state index >= 15 is 0 Å². The Hall–Kier alpha value is -1.51. The number of hydrogen-bond donors (Lipinski definition) is 1. The van der Waals surface area contributed by atoms with Crippen molar-refractivity contribution >= 4 is 6.29 Å². The minimum absolute atomic E-state index is 0.0523. The predicted molar refractivity (Wildman–Crippen MR) is 58.4 cm³/mol. The van der Waals surface area contributed by atoms with Gasteiger partial charge in [0, 0.05) is 11.0 Å². The van der Waals surface area contributed by atoms with Crippen LogP contribution in [-0.4, -0.2) is 18.0 Å². The average molecular weight is 208 g/mol. The molecule has 0 saturated heterocycles. The fourth-order valence-electron chi connectivity index (χ4n) is 1.38. The molecule has 0 radical (unpaired) electrons. The number of phenolic OH excluding ortho intramolecular Hbond substituents is 1. The van der Waals surface area contributed by atoms with Crippen LogP contribution in [0, 0.1) is 0 Å². The van der Waals surface area contributed by atoms with Gasteiger partial charge in [0.2, 0.25) is 0 Å². The predicted octanol–water partition coefficient (Wildman–Crippen LogP) is 2.27. The van der Waals surface area contributed by atoms with Crippen LogP contribution in [0.4, 0.5) is 0 Å². The summed E-state index contributed by atoms with van der Waals surface area (Å²) >= 11 is 0. The summed E-state index contributed by atoms with van der Waals surface area (Å²) in [5.41, 5.74) is -0.111. The van der Waals surface area contributed by atoms with Gasteiger partial charge in [0.05, 0.1) is 6.61 Å². The first-order valence-electron chi connectivity index (χ1n) is 4.94. The first kappa shape index (κ1) is 11.6. The number of ether oxygens (including phenoxy) is 1. The summed E-state index contributed by atoms with van der Waals surface area (Å²) in [6.07, 6.45) is 0.817. The number of phenols is 1. The van der Waals surface area contributed by atoms with Crippen LogP contribution in [0.2, 0.25) is 0 Å². The van der Waals surface area contributed by atoms with Crippen LogP contribution < -0.4 is 4.74 Å². The van der Waals surface area contributed by atoms with Crippen LogP contribution in [0.15, 0.2) is 18.2 Å². The highest BCUT2D eigenvalue weighted by atomic mass is 16.5. The highest BCUT2D eigenvalue weighted by molar-refractivity contribution is 5.70. The van der Waals surface area contributed by atoms with E-state index in [1.165, 1.54) is 0 Å². The van der Waals surface area contributed by atoms with E-state index in [4.69, 9.17) is 4.74 Å². The molecule has 82 valence electrons. The Morgan fingerprint density at radius 2 is 2.13 bits per heavy atom. The van der Waals surface area contributed by atoms with Gasteiger partial charge in [-0.1, -0.05) is 12.1 Å². The first-order chi connectivity index (χ1) is 7.03. The summed E-state index contributed by atoms with van der Waals surface area (Å²) in [5, 5.41) is 9.90. The largest absolute Gasteiger partial charge is 0.504 e. The number of carbonyl (C=O) groups excluding carboxylic acids is 1. The molecule has 1 aromatic carbocycles. The molecule has 0 aliphatic rings. The van der Waals surface area contributed by atoms with Crippen LogP contribution >= 0.6 is 0 Å². The zero-order valence-electron chi connectivity index (χ0n) is 9.28. The molecule has 0 aliphatic carbocycles. The molecule has 0 spiro atoms. The van der Waals surface area contributed by atoms with E-state index in [0.29, 0.717) is 17.9 Å². The first-order valence-corrected chi connectivity index (χ1v) is 4.94. The molecule has 0 atom stereocenters. The van der Waals surface area contributed by atoms with E-state index < -0.39 is 5.41 Å². The van der Waals surface area contributed by atoms with Crippen molar-refractivity contribution in [2.45, 2.75) is 26.2 Å². The minimum atomic E-state index is -0.697. The topological polar surface area (TPSA) is 46.5 Å². The Morgan fingerprint density at radius 1 is 1.47 bits per heavy atom. The maximum atomic E-state index is 10.9. The monoisotopic (exact) mass is 208 g/mol. The number of aldehydes is 1. The summed E-state index contributed by atoms with van der Waals surface area (Å²) in [4.78, 5) is 10.9. The van der Waals surface area contributed by atoms with Crippen LogP contribution in [0.1, 0.15) is 26.3 Å². The van der Waals surface area contributed by atoms with Gasteiger partial charge in [-0.2, -0.15) is 0 Å².